The number of nitrogens with one attached hydrogen (secondary N) is 1. The normalized spacial score (nSPS) is 24.1. The Hall–Kier alpha value is -1.03. The number of likely N-dealkylation sites (tertiary alicyclic amines) is 1. The van der Waals surface area contributed by atoms with E-state index in [1.807, 2.05) is 16.2 Å². The number of thiophene rings is 1. The van der Waals surface area contributed by atoms with Crippen molar-refractivity contribution in [2.24, 2.45) is 5.92 Å². The van der Waals surface area contributed by atoms with Gasteiger partial charge in [-0.1, -0.05) is 6.92 Å². The molecule has 0 bridgehead atoms. The van der Waals surface area contributed by atoms with E-state index in [0.717, 1.165) is 38.3 Å². The van der Waals surface area contributed by atoms with E-state index in [0.29, 0.717) is 0 Å². The number of piperidine rings is 1. The Labute approximate surface area is 119 Å². The van der Waals surface area contributed by atoms with Gasteiger partial charge in [-0.25, -0.2) is 4.79 Å². The molecule has 3 nitrogen and oxygen atoms in total. The van der Waals surface area contributed by atoms with E-state index in [9.17, 15) is 4.79 Å². The van der Waals surface area contributed by atoms with E-state index in [4.69, 9.17) is 0 Å². The molecule has 104 valence electrons. The van der Waals surface area contributed by atoms with Crippen molar-refractivity contribution in [3.63, 3.8) is 0 Å². The van der Waals surface area contributed by atoms with Gasteiger partial charge >= 0.3 is 6.03 Å². The van der Waals surface area contributed by atoms with E-state index >= 15 is 0 Å². The summed E-state index contributed by atoms with van der Waals surface area (Å²) >= 11 is 1.83. The van der Waals surface area contributed by atoms with Gasteiger partial charge in [0.05, 0.1) is 6.04 Å². The number of rotatable bonds is 1. The number of urea groups is 1. The van der Waals surface area contributed by atoms with Crippen molar-refractivity contribution in [2.75, 3.05) is 13.1 Å². The lowest BCUT2D eigenvalue weighted by Gasteiger charge is -2.33. The molecule has 1 unspecified atom stereocenters. The highest BCUT2D eigenvalue weighted by Gasteiger charge is 2.26. The van der Waals surface area contributed by atoms with Gasteiger partial charge in [-0.2, -0.15) is 0 Å². The summed E-state index contributed by atoms with van der Waals surface area (Å²) in [5.41, 5.74) is 1.36. The zero-order valence-corrected chi connectivity index (χ0v) is 12.3. The molecule has 0 saturated carbocycles. The number of fused-ring (bicyclic) bond motifs is 1. The fourth-order valence-corrected chi connectivity index (χ4v) is 4.08. The van der Waals surface area contributed by atoms with E-state index in [2.05, 4.69) is 23.7 Å². The smallest absolute Gasteiger partial charge is 0.317 e. The van der Waals surface area contributed by atoms with Crippen LogP contribution >= 0.6 is 11.3 Å². The second-order valence-corrected chi connectivity index (χ2v) is 6.86. The first-order chi connectivity index (χ1) is 9.24. The van der Waals surface area contributed by atoms with Crippen LogP contribution in [0.2, 0.25) is 0 Å². The predicted octanol–water partition coefficient (Wildman–Crippen LogP) is 3.57. The third-order valence-electron chi connectivity index (χ3n) is 4.42. The third kappa shape index (κ3) is 2.78. The Kier molecular flexibility index (Phi) is 3.78. The van der Waals surface area contributed by atoms with E-state index in [1.54, 1.807) is 0 Å². The molecule has 1 atom stereocenters. The van der Waals surface area contributed by atoms with Gasteiger partial charge in [0.25, 0.3) is 0 Å². The quantitative estimate of drug-likeness (QED) is 0.837. The van der Waals surface area contributed by atoms with Gasteiger partial charge in [-0.3, -0.25) is 0 Å². The van der Waals surface area contributed by atoms with Gasteiger partial charge < -0.3 is 10.2 Å². The van der Waals surface area contributed by atoms with Crippen molar-refractivity contribution in [1.82, 2.24) is 10.2 Å². The highest BCUT2D eigenvalue weighted by molar-refractivity contribution is 7.10. The minimum Gasteiger partial charge on any atom is -0.331 e. The Morgan fingerprint density at radius 2 is 2.16 bits per heavy atom. The van der Waals surface area contributed by atoms with E-state index < -0.39 is 0 Å². The Morgan fingerprint density at radius 3 is 2.95 bits per heavy atom. The molecule has 1 aromatic heterocycles. The molecule has 19 heavy (non-hydrogen) atoms. The summed E-state index contributed by atoms with van der Waals surface area (Å²) in [6.07, 6.45) is 5.74. The standard InChI is InChI=1S/C15H22N2OS/c1-11-5-8-17(9-6-11)15(18)16-13-3-2-4-14-12(13)7-10-19-14/h7,10-11,13H,2-6,8-9H2,1H3,(H,16,18). The number of aryl methyl sites for hydroxylation is 1. The summed E-state index contributed by atoms with van der Waals surface area (Å²) in [5.74, 6) is 0.766. The van der Waals surface area contributed by atoms with Gasteiger partial charge in [0.15, 0.2) is 0 Å². The maximum Gasteiger partial charge on any atom is 0.317 e. The van der Waals surface area contributed by atoms with Crippen LogP contribution < -0.4 is 5.32 Å². The second-order valence-electron chi connectivity index (χ2n) is 5.86. The Balaban J connectivity index is 1.62. The molecule has 0 radical (unpaired) electrons. The number of carbonyl (C=O) groups is 1. The highest BCUT2D eigenvalue weighted by Crippen LogP contribution is 2.33. The van der Waals surface area contributed by atoms with E-state index in [-0.39, 0.29) is 12.1 Å². The maximum absolute atomic E-state index is 12.3. The lowest BCUT2D eigenvalue weighted by molar-refractivity contribution is 0.169. The molecule has 1 aliphatic carbocycles. The van der Waals surface area contributed by atoms with Crippen molar-refractivity contribution in [3.8, 4) is 0 Å². The van der Waals surface area contributed by atoms with Gasteiger partial charge in [0.1, 0.15) is 0 Å². The molecule has 1 N–H and O–H groups in total. The number of hydrogen-bond acceptors (Lipinski definition) is 2. The predicted molar refractivity (Wildman–Crippen MR) is 78.5 cm³/mol. The molecule has 2 heterocycles. The molecular formula is C15H22N2OS. The molecule has 0 spiro atoms. The molecule has 3 rings (SSSR count). The van der Waals surface area contributed by atoms with Crippen LogP contribution in [0.4, 0.5) is 4.79 Å². The zero-order chi connectivity index (χ0) is 13.2. The van der Waals surface area contributed by atoms with Gasteiger partial charge in [0.2, 0.25) is 0 Å². The average molecular weight is 278 g/mol. The summed E-state index contributed by atoms with van der Waals surface area (Å²) in [6, 6.07) is 2.56. The average Bonchev–Trinajstić information content (AvgIpc) is 2.89. The van der Waals surface area contributed by atoms with Crippen molar-refractivity contribution >= 4 is 17.4 Å². The zero-order valence-electron chi connectivity index (χ0n) is 11.5. The molecule has 1 aliphatic heterocycles. The van der Waals surface area contributed by atoms with Crippen molar-refractivity contribution in [3.05, 3.63) is 21.9 Å². The third-order valence-corrected chi connectivity index (χ3v) is 5.42. The first-order valence-corrected chi connectivity index (χ1v) is 8.23. The van der Waals surface area contributed by atoms with Crippen LogP contribution in [0.15, 0.2) is 11.4 Å². The lowest BCUT2D eigenvalue weighted by Crippen LogP contribution is -2.45. The number of carbonyl (C=O) groups excluding carboxylic acids is 1. The van der Waals surface area contributed by atoms with E-state index in [1.165, 1.54) is 23.3 Å². The summed E-state index contributed by atoms with van der Waals surface area (Å²) in [7, 11) is 0. The van der Waals surface area contributed by atoms with Crippen molar-refractivity contribution in [2.45, 2.75) is 45.1 Å². The monoisotopic (exact) mass is 278 g/mol. The minimum atomic E-state index is 0.135. The first kappa shape index (κ1) is 13.0. The number of nitrogens with zero attached hydrogens (tertiary/aromatic N) is 1. The molecule has 2 amide bonds. The molecular weight excluding hydrogens is 256 g/mol. The van der Waals surface area contributed by atoms with Gasteiger partial charge in [-0.15, -0.1) is 11.3 Å². The molecule has 0 aromatic carbocycles. The molecule has 1 saturated heterocycles. The molecule has 4 heteroatoms. The topological polar surface area (TPSA) is 32.3 Å². The Bertz CT molecular complexity index is 449. The van der Waals surface area contributed by atoms with Crippen LogP contribution in [-0.2, 0) is 6.42 Å². The second kappa shape index (κ2) is 5.53. The SMILES string of the molecule is CC1CCN(C(=O)NC2CCCc3sccc32)CC1. The maximum atomic E-state index is 12.3. The molecule has 1 aromatic rings. The summed E-state index contributed by atoms with van der Waals surface area (Å²) < 4.78 is 0. The molecule has 2 aliphatic rings. The van der Waals surface area contributed by atoms with Crippen LogP contribution in [0.3, 0.4) is 0 Å². The summed E-state index contributed by atoms with van der Waals surface area (Å²) in [6.45, 7) is 4.10. The lowest BCUT2D eigenvalue weighted by atomic mass is 9.94. The van der Waals surface area contributed by atoms with Crippen molar-refractivity contribution < 1.29 is 4.79 Å². The summed E-state index contributed by atoms with van der Waals surface area (Å²) in [5, 5.41) is 5.39. The first-order valence-electron chi connectivity index (χ1n) is 7.36. The highest BCUT2D eigenvalue weighted by atomic mass is 32.1. The van der Waals surface area contributed by atoms with Crippen LogP contribution in [0, 0.1) is 5.92 Å². The molecule has 1 fully saturated rings. The van der Waals surface area contributed by atoms with Crippen LogP contribution in [0.25, 0.3) is 0 Å². The largest absolute Gasteiger partial charge is 0.331 e. The van der Waals surface area contributed by atoms with Crippen LogP contribution in [0.5, 0.6) is 0 Å². The fourth-order valence-electron chi connectivity index (χ4n) is 3.09. The van der Waals surface area contributed by atoms with Gasteiger partial charge in [0, 0.05) is 18.0 Å². The fraction of sp³-hybridized carbons (Fsp3) is 0.667. The van der Waals surface area contributed by atoms with Gasteiger partial charge in [-0.05, 0) is 55.0 Å². The summed E-state index contributed by atoms with van der Waals surface area (Å²) in [4.78, 5) is 15.8. The number of amides is 2. The number of hydrogen-bond donors (Lipinski definition) is 1. The van der Waals surface area contributed by atoms with Crippen LogP contribution in [0.1, 0.15) is 49.1 Å². The minimum absolute atomic E-state index is 0.135. The van der Waals surface area contributed by atoms with Crippen molar-refractivity contribution in [1.29, 1.82) is 0 Å². The Morgan fingerprint density at radius 1 is 1.37 bits per heavy atom. The van der Waals surface area contributed by atoms with Crippen LogP contribution in [-0.4, -0.2) is 24.0 Å².